The van der Waals surface area contributed by atoms with Crippen LogP contribution in [0.15, 0.2) is 83.1 Å². The van der Waals surface area contributed by atoms with Gasteiger partial charge in [0.05, 0.1) is 35.6 Å². The number of benzene rings is 2. The van der Waals surface area contributed by atoms with E-state index in [1.807, 2.05) is 79.9 Å². The van der Waals surface area contributed by atoms with Crippen LogP contribution in [0.4, 0.5) is 9.59 Å². The zero-order valence-corrected chi connectivity index (χ0v) is 30.2. The van der Waals surface area contributed by atoms with E-state index in [2.05, 4.69) is 20.9 Å². The number of nitrogens with zero attached hydrogens (tertiary/aromatic N) is 3. The maximum absolute atomic E-state index is 13.9. The van der Waals surface area contributed by atoms with E-state index in [9.17, 15) is 19.5 Å². The van der Waals surface area contributed by atoms with Crippen molar-refractivity contribution in [2.24, 2.45) is 5.92 Å². The highest BCUT2D eigenvalue weighted by molar-refractivity contribution is 7.09. The number of thiazole rings is 1. The lowest BCUT2D eigenvalue weighted by Gasteiger charge is -2.30. The van der Waals surface area contributed by atoms with Gasteiger partial charge in [0.2, 0.25) is 5.91 Å². The minimum atomic E-state index is -1.07. The van der Waals surface area contributed by atoms with Gasteiger partial charge in [-0.05, 0) is 49.1 Å². The van der Waals surface area contributed by atoms with Gasteiger partial charge in [0.25, 0.3) is 0 Å². The molecule has 51 heavy (non-hydrogen) atoms. The van der Waals surface area contributed by atoms with E-state index in [-0.39, 0.29) is 30.9 Å². The van der Waals surface area contributed by atoms with Gasteiger partial charge in [-0.3, -0.25) is 4.79 Å². The number of aliphatic hydroxyl groups excluding tert-OH is 1. The Morgan fingerprint density at radius 2 is 1.69 bits per heavy atom. The second kappa shape index (κ2) is 18.5. The fourth-order valence-corrected chi connectivity index (χ4v) is 6.95. The highest BCUT2D eigenvalue weighted by Gasteiger charge is 2.31. The van der Waals surface area contributed by atoms with Crippen LogP contribution in [-0.2, 0) is 35.5 Å². The second-order valence-corrected chi connectivity index (χ2v) is 14.4. The predicted molar refractivity (Wildman–Crippen MR) is 194 cm³/mol. The number of ether oxygens (including phenoxy) is 1. The Kier molecular flexibility index (Phi) is 13.6. The number of alkyl carbamates (subject to hydrolysis) is 1. The van der Waals surface area contributed by atoms with Gasteiger partial charge in [-0.1, -0.05) is 80.9 Å². The SMILES string of the molecule is CC(C)[C@H](NC(=O)N(C)Cc1csc(C2CCC2)n1)C(=O)N[C@@H](Cc1ccccc1)C[C@H](O)[C@H](Cc1ccccc1)NC(=O)OCc1cnco1. The summed E-state index contributed by atoms with van der Waals surface area (Å²) in [5.74, 6) is 0.332. The fraction of sp³-hybridized carbons (Fsp3) is 0.447. The van der Waals surface area contributed by atoms with Crippen LogP contribution in [0, 0.1) is 5.92 Å². The van der Waals surface area contributed by atoms with Gasteiger partial charge in [-0.25, -0.2) is 19.6 Å². The largest absolute Gasteiger partial charge is 0.445 e. The standard InChI is InChI=1S/C38H48N6O6S/c1-25(2)34(43-37(47)44(3)21-30-23-51-36(41-30)28-15-10-16-28)35(46)40-29(17-26-11-6-4-7-12-26)19-33(45)32(18-27-13-8-5-9-14-27)42-38(48)49-22-31-20-39-24-50-31/h4-9,11-14,20,23-25,28-29,32-34,45H,10,15-19,21-22H2,1-3H3,(H,40,46)(H,42,48)(H,43,47)/t29-,32-,33-,34-/m0/s1. The first-order valence-electron chi connectivity index (χ1n) is 17.5. The monoisotopic (exact) mass is 716 g/mol. The number of carbonyl (C=O) groups excluding carboxylic acids is 3. The third kappa shape index (κ3) is 11.4. The van der Waals surface area contributed by atoms with E-state index in [1.54, 1.807) is 18.4 Å². The number of aromatic nitrogens is 2. The molecule has 0 spiro atoms. The third-order valence-corrected chi connectivity index (χ3v) is 10.1. The zero-order chi connectivity index (χ0) is 36.2. The molecule has 4 N–H and O–H groups in total. The molecular weight excluding hydrogens is 669 g/mol. The molecule has 4 amide bonds. The lowest BCUT2D eigenvalue weighted by molar-refractivity contribution is -0.124. The minimum absolute atomic E-state index is 0.116. The molecule has 0 saturated heterocycles. The average molecular weight is 717 g/mol. The first kappa shape index (κ1) is 37.5. The quantitative estimate of drug-likeness (QED) is 0.110. The summed E-state index contributed by atoms with van der Waals surface area (Å²) in [7, 11) is 1.69. The number of hydrogen-bond acceptors (Lipinski definition) is 9. The number of aliphatic hydroxyl groups is 1. The molecule has 0 bridgehead atoms. The van der Waals surface area contributed by atoms with Gasteiger partial charge in [0.15, 0.2) is 18.8 Å². The maximum atomic E-state index is 13.9. The molecular formula is C38H48N6O6S. The van der Waals surface area contributed by atoms with E-state index in [0.29, 0.717) is 31.1 Å². The Labute approximate surface area is 303 Å². The van der Waals surface area contributed by atoms with E-state index in [1.165, 1.54) is 23.9 Å². The van der Waals surface area contributed by atoms with Crippen LogP contribution >= 0.6 is 11.3 Å². The second-order valence-electron chi connectivity index (χ2n) is 13.5. The summed E-state index contributed by atoms with van der Waals surface area (Å²) in [5.41, 5.74) is 2.70. The topological polar surface area (TPSA) is 159 Å². The van der Waals surface area contributed by atoms with Crippen molar-refractivity contribution in [2.45, 2.75) is 95.7 Å². The number of nitrogens with one attached hydrogen (secondary N) is 3. The molecule has 272 valence electrons. The van der Waals surface area contributed by atoms with Gasteiger partial charge in [-0.15, -0.1) is 11.3 Å². The summed E-state index contributed by atoms with van der Waals surface area (Å²) in [6.07, 6.45) is 5.34. The van der Waals surface area contributed by atoms with E-state index in [0.717, 1.165) is 34.7 Å². The molecule has 2 heterocycles. The Hall–Kier alpha value is -4.75. The number of urea groups is 1. The summed E-state index contributed by atoms with van der Waals surface area (Å²) in [5, 5.41) is 23.6. The number of rotatable bonds is 17. The highest BCUT2D eigenvalue weighted by atomic mass is 32.1. The van der Waals surface area contributed by atoms with Crippen LogP contribution in [0.5, 0.6) is 0 Å². The van der Waals surface area contributed by atoms with Crippen LogP contribution in [-0.4, -0.2) is 69.3 Å². The molecule has 13 heteroatoms. The molecule has 0 aliphatic heterocycles. The van der Waals surface area contributed by atoms with Crippen LogP contribution in [0.25, 0.3) is 0 Å². The van der Waals surface area contributed by atoms with Gasteiger partial charge in [0.1, 0.15) is 6.04 Å². The molecule has 12 nitrogen and oxygen atoms in total. The number of hydrogen-bond donors (Lipinski definition) is 4. The van der Waals surface area contributed by atoms with Gasteiger partial charge in [-0.2, -0.15) is 0 Å². The molecule has 4 atom stereocenters. The van der Waals surface area contributed by atoms with Crippen LogP contribution in [0.1, 0.15) is 73.0 Å². The Balaban J connectivity index is 1.25. The first-order chi connectivity index (χ1) is 24.6. The zero-order valence-electron chi connectivity index (χ0n) is 29.4. The van der Waals surface area contributed by atoms with Gasteiger partial charge in [0, 0.05) is 24.4 Å². The summed E-state index contributed by atoms with van der Waals surface area (Å²) >= 11 is 1.64. The smallest absolute Gasteiger partial charge is 0.407 e. The van der Waals surface area contributed by atoms with Crippen molar-refractivity contribution in [1.29, 1.82) is 0 Å². The van der Waals surface area contributed by atoms with Crippen molar-refractivity contribution in [1.82, 2.24) is 30.8 Å². The van der Waals surface area contributed by atoms with E-state index in [4.69, 9.17) is 14.1 Å². The maximum Gasteiger partial charge on any atom is 0.407 e. The minimum Gasteiger partial charge on any atom is -0.445 e. The number of amides is 4. The van der Waals surface area contributed by atoms with Crippen LogP contribution in [0.3, 0.4) is 0 Å². The number of oxazole rings is 1. The molecule has 0 unspecified atom stereocenters. The molecule has 2 aromatic heterocycles. The molecule has 1 fully saturated rings. The predicted octanol–water partition coefficient (Wildman–Crippen LogP) is 5.58. The number of carbonyl (C=O) groups is 3. The Bertz CT molecular complexity index is 1660. The average Bonchev–Trinajstić information content (AvgIpc) is 3.78. The summed E-state index contributed by atoms with van der Waals surface area (Å²) < 4.78 is 10.5. The molecule has 5 rings (SSSR count). The van der Waals surface area contributed by atoms with Crippen molar-refractivity contribution in [3.05, 3.63) is 106 Å². The highest BCUT2D eigenvalue weighted by Crippen LogP contribution is 2.37. The molecule has 0 radical (unpaired) electrons. The van der Waals surface area contributed by atoms with E-state index >= 15 is 0 Å². The van der Waals surface area contributed by atoms with Crippen molar-refractivity contribution in [3.63, 3.8) is 0 Å². The van der Waals surface area contributed by atoms with E-state index < -0.39 is 30.3 Å². The Morgan fingerprint density at radius 1 is 1.00 bits per heavy atom. The lowest BCUT2D eigenvalue weighted by Crippen LogP contribution is -2.55. The summed E-state index contributed by atoms with van der Waals surface area (Å²) in [4.78, 5) is 50.2. The third-order valence-electron chi connectivity index (χ3n) is 9.09. The van der Waals surface area contributed by atoms with Crippen molar-refractivity contribution >= 4 is 29.4 Å². The van der Waals surface area contributed by atoms with Gasteiger partial charge < -0.3 is 35.1 Å². The summed E-state index contributed by atoms with van der Waals surface area (Å²) in [6.45, 7) is 3.97. The van der Waals surface area contributed by atoms with Crippen molar-refractivity contribution < 1.29 is 28.6 Å². The van der Waals surface area contributed by atoms with Crippen LogP contribution in [0.2, 0.25) is 0 Å². The van der Waals surface area contributed by atoms with Crippen molar-refractivity contribution in [3.8, 4) is 0 Å². The summed E-state index contributed by atoms with van der Waals surface area (Å²) in [6, 6.07) is 16.7. The Morgan fingerprint density at radius 3 is 2.29 bits per heavy atom. The lowest BCUT2D eigenvalue weighted by atomic mass is 9.86. The van der Waals surface area contributed by atoms with Crippen molar-refractivity contribution in [2.75, 3.05) is 7.05 Å². The van der Waals surface area contributed by atoms with Crippen LogP contribution < -0.4 is 16.0 Å². The fourth-order valence-electron chi connectivity index (χ4n) is 5.96. The molecule has 1 saturated carbocycles. The van der Waals surface area contributed by atoms with Gasteiger partial charge >= 0.3 is 12.1 Å². The molecule has 1 aliphatic carbocycles. The normalized spacial score (nSPS) is 15.2. The first-order valence-corrected chi connectivity index (χ1v) is 18.4. The molecule has 2 aromatic carbocycles. The molecule has 1 aliphatic rings. The molecule has 4 aromatic rings.